The highest BCUT2D eigenvalue weighted by molar-refractivity contribution is 9.11. The Morgan fingerprint density at radius 3 is 2.67 bits per heavy atom. The largest absolute Gasteiger partial charge is 0.352 e. The van der Waals surface area contributed by atoms with Gasteiger partial charge >= 0.3 is 0 Å². The topological polar surface area (TPSA) is 58.2 Å². The molecule has 21 heavy (non-hydrogen) atoms. The van der Waals surface area contributed by atoms with E-state index >= 15 is 0 Å². The Hall–Kier alpha value is -1.66. The predicted molar refractivity (Wildman–Crippen MR) is 89.0 cm³/mol. The lowest BCUT2D eigenvalue weighted by atomic mass is 10.2. The third-order valence-electron chi connectivity index (χ3n) is 2.75. The van der Waals surface area contributed by atoms with Gasteiger partial charge in [0, 0.05) is 23.2 Å². The minimum Gasteiger partial charge on any atom is -0.352 e. The molecule has 2 aromatic rings. The van der Waals surface area contributed by atoms with Gasteiger partial charge in [0.1, 0.15) is 0 Å². The van der Waals surface area contributed by atoms with Crippen LogP contribution >= 0.6 is 27.3 Å². The zero-order chi connectivity index (χ0) is 15.2. The Kier molecular flexibility index (Phi) is 5.52. The van der Waals surface area contributed by atoms with E-state index in [9.17, 15) is 9.59 Å². The Balaban J connectivity index is 2.07. The van der Waals surface area contributed by atoms with Crippen LogP contribution < -0.4 is 10.6 Å². The molecule has 6 heteroatoms. The summed E-state index contributed by atoms with van der Waals surface area (Å²) in [6.07, 6.45) is 0.884. The molecule has 0 bridgehead atoms. The summed E-state index contributed by atoms with van der Waals surface area (Å²) in [7, 11) is 0. The van der Waals surface area contributed by atoms with Gasteiger partial charge in [0.25, 0.3) is 11.8 Å². The van der Waals surface area contributed by atoms with Crippen molar-refractivity contribution in [2.24, 2.45) is 0 Å². The summed E-state index contributed by atoms with van der Waals surface area (Å²) < 4.78 is 0.903. The molecule has 4 nitrogen and oxygen atoms in total. The molecule has 0 fully saturated rings. The number of nitrogens with one attached hydrogen (secondary N) is 2. The lowest BCUT2D eigenvalue weighted by Gasteiger charge is -2.07. The molecule has 0 saturated heterocycles. The standard InChI is InChI=1S/C15H15BrN2O2S/c1-2-6-17-14(19)10-4-3-5-12(7-10)18-15(20)11-8-13(16)21-9-11/h3-5,7-9H,2,6H2,1H3,(H,17,19)(H,18,20). The molecular weight excluding hydrogens is 352 g/mol. The Morgan fingerprint density at radius 2 is 2.00 bits per heavy atom. The Bertz CT molecular complexity index is 655. The van der Waals surface area contributed by atoms with Crippen LogP contribution in [0, 0.1) is 0 Å². The van der Waals surface area contributed by atoms with Crippen molar-refractivity contribution in [1.29, 1.82) is 0 Å². The molecule has 0 atom stereocenters. The second-order valence-electron chi connectivity index (χ2n) is 4.43. The third kappa shape index (κ3) is 4.41. The van der Waals surface area contributed by atoms with Crippen molar-refractivity contribution in [1.82, 2.24) is 5.32 Å². The lowest BCUT2D eigenvalue weighted by molar-refractivity contribution is 0.0952. The summed E-state index contributed by atoms with van der Waals surface area (Å²) in [5.74, 6) is -0.325. The van der Waals surface area contributed by atoms with Crippen LogP contribution in [-0.4, -0.2) is 18.4 Å². The van der Waals surface area contributed by atoms with E-state index in [1.165, 1.54) is 11.3 Å². The molecule has 1 aromatic heterocycles. The zero-order valence-electron chi connectivity index (χ0n) is 11.5. The van der Waals surface area contributed by atoms with Gasteiger partial charge < -0.3 is 10.6 Å². The highest BCUT2D eigenvalue weighted by atomic mass is 79.9. The van der Waals surface area contributed by atoms with E-state index in [2.05, 4.69) is 26.6 Å². The molecule has 0 saturated carbocycles. The fourth-order valence-corrected chi connectivity index (χ4v) is 2.85. The van der Waals surface area contributed by atoms with Gasteiger partial charge in [0.2, 0.25) is 0 Å². The van der Waals surface area contributed by atoms with Crippen LogP contribution in [-0.2, 0) is 0 Å². The van der Waals surface area contributed by atoms with E-state index in [1.807, 2.05) is 6.92 Å². The molecule has 0 unspecified atom stereocenters. The lowest BCUT2D eigenvalue weighted by Crippen LogP contribution is -2.24. The number of amides is 2. The SMILES string of the molecule is CCCNC(=O)c1cccc(NC(=O)c2csc(Br)c2)c1. The predicted octanol–water partition coefficient (Wildman–Crippen LogP) is 3.90. The molecule has 0 aliphatic rings. The van der Waals surface area contributed by atoms with Gasteiger partial charge in [0.05, 0.1) is 9.35 Å². The summed E-state index contributed by atoms with van der Waals surface area (Å²) in [5, 5.41) is 7.37. The van der Waals surface area contributed by atoms with Crippen molar-refractivity contribution in [2.75, 3.05) is 11.9 Å². The van der Waals surface area contributed by atoms with Crippen LogP contribution in [0.5, 0.6) is 0 Å². The molecule has 2 rings (SSSR count). The maximum Gasteiger partial charge on any atom is 0.256 e. The molecule has 0 aliphatic heterocycles. The van der Waals surface area contributed by atoms with Gasteiger partial charge in [-0.1, -0.05) is 13.0 Å². The highest BCUT2D eigenvalue weighted by Gasteiger charge is 2.10. The smallest absolute Gasteiger partial charge is 0.256 e. The molecule has 2 N–H and O–H groups in total. The monoisotopic (exact) mass is 366 g/mol. The van der Waals surface area contributed by atoms with Gasteiger partial charge in [0.15, 0.2) is 0 Å². The van der Waals surface area contributed by atoms with Crippen molar-refractivity contribution >= 4 is 44.8 Å². The Labute approximate surface area is 135 Å². The fourth-order valence-electron chi connectivity index (χ4n) is 1.71. The van der Waals surface area contributed by atoms with E-state index in [-0.39, 0.29) is 11.8 Å². The van der Waals surface area contributed by atoms with Gasteiger partial charge in [-0.15, -0.1) is 11.3 Å². The first-order valence-electron chi connectivity index (χ1n) is 6.54. The van der Waals surface area contributed by atoms with Crippen LogP contribution in [0.3, 0.4) is 0 Å². The van der Waals surface area contributed by atoms with Gasteiger partial charge in [-0.05, 0) is 46.6 Å². The van der Waals surface area contributed by atoms with Crippen molar-refractivity contribution in [3.63, 3.8) is 0 Å². The quantitative estimate of drug-likeness (QED) is 0.842. The van der Waals surface area contributed by atoms with Gasteiger partial charge in [-0.2, -0.15) is 0 Å². The summed E-state index contributed by atoms with van der Waals surface area (Å²) >= 11 is 4.78. The van der Waals surface area contributed by atoms with E-state index in [0.717, 1.165) is 10.2 Å². The van der Waals surface area contributed by atoms with Crippen LogP contribution in [0.25, 0.3) is 0 Å². The molecule has 0 aliphatic carbocycles. The summed E-state index contributed by atoms with van der Waals surface area (Å²) in [5.41, 5.74) is 1.73. The van der Waals surface area contributed by atoms with Crippen LogP contribution in [0.2, 0.25) is 0 Å². The van der Waals surface area contributed by atoms with Crippen molar-refractivity contribution in [3.05, 3.63) is 50.6 Å². The minimum absolute atomic E-state index is 0.133. The molecule has 1 heterocycles. The third-order valence-corrected chi connectivity index (χ3v) is 4.25. The Morgan fingerprint density at radius 1 is 1.19 bits per heavy atom. The number of carbonyl (C=O) groups excluding carboxylic acids is 2. The molecule has 0 spiro atoms. The molecule has 110 valence electrons. The number of halogens is 1. The van der Waals surface area contributed by atoms with Crippen LogP contribution in [0.15, 0.2) is 39.5 Å². The maximum absolute atomic E-state index is 12.1. The number of rotatable bonds is 5. The fraction of sp³-hybridized carbons (Fsp3) is 0.200. The zero-order valence-corrected chi connectivity index (χ0v) is 13.9. The number of anilines is 1. The number of carbonyl (C=O) groups is 2. The first-order valence-corrected chi connectivity index (χ1v) is 8.21. The maximum atomic E-state index is 12.1. The van der Waals surface area contributed by atoms with Crippen molar-refractivity contribution < 1.29 is 9.59 Å². The minimum atomic E-state index is -0.192. The summed E-state index contributed by atoms with van der Waals surface area (Å²) in [6, 6.07) is 8.67. The van der Waals surface area contributed by atoms with E-state index in [1.54, 1.807) is 35.7 Å². The molecular formula is C15H15BrN2O2S. The van der Waals surface area contributed by atoms with Crippen molar-refractivity contribution in [3.8, 4) is 0 Å². The van der Waals surface area contributed by atoms with Gasteiger partial charge in [-0.25, -0.2) is 0 Å². The van der Waals surface area contributed by atoms with Crippen molar-refractivity contribution in [2.45, 2.75) is 13.3 Å². The number of benzene rings is 1. The van der Waals surface area contributed by atoms with Gasteiger partial charge in [-0.3, -0.25) is 9.59 Å². The number of hydrogen-bond donors (Lipinski definition) is 2. The number of hydrogen-bond acceptors (Lipinski definition) is 3. The average Bonchev–Trinajstić information content (AvgIpc) is 2.91. The van der Waals surface area contributed by atoms with Crippen LogP contribution in [0.4, 0.5) is 5.69 Å². The first-order chi connectivity index (χ1) is 10.1. The summed E-state index contributed by atoms with van der Waals surface area (Å²) in [4.78, 5) is 23.9. The summed E-state index contributed by atoms with van der Waals surface area (Å²) in [6.45, 7) is 2.63. The second-order valence-corrected chi connectivity index (χ2v) is 6.72. The first kappa shape index (κ1) is 15.7. The van der Waals surface area contributed by atoms with E-state index in [0.29, 0.717) is 23.4 Å². The second kappa shape index (κ2) is 7.38. The van der Waals surface area contributed by atoms with E-state index in [4.69, 9.17) is 0 Å². The molecule has 2 amide bonds. The highest BCUT2D eigenvalue weighted by Crippen LogP contribution is 2.21. The normalized spacial score (nSPS) is 10.2. The molecule has 0 radical (unpaired) electrons. The average molecular weight is 367 g/mol. The number of thiophene rings is 1. The van der Waals surface area contributed by atoms with E-state index < -0.39 is 0 Å². The molecule has 1 aromatic carbocycles. The van der Waals surface area contributed by atoms with Crippen LogP contribution in [0.1, 0.15) is 34.1 Å².